The number of aliphatic imine (C=N–C) groups is 1. The molecular formula is C14H27N3S. The summed E-state index contributed by atoms with van der Waals surface area (Å²) in [7, 11) is 0. The molecular weight excluding hydrogens is 242 g/mol. The molecule has 0 aromatic carbocycles. The van der Waals surface area contributed by atoms with E-state index in [2.05, 4.69) is 42.9 Å². The number of rotatable bonds is 6. The van der Waals surface area contributed by atoms with Crippen LogP contribution in [-0.2, 0) is 0 Å². The van der Waals surface area contributed by atoms with Crippen molar-refractivity contribution in [3.63, 3.8) is 0 Å². The lowest BCUT2D eigenvalue weighted by Crippen LogP contribution is -2.42. The SMILES string of the molecule is CC(C)N(CCNC1=NCC(C2CC2)S1)C(C)C. The fourth-order valence-electron chi connectivity index (χ4n) is 2.61. The zero-order chi connectivity index (χ0) is 13.1. The standard InChI is InChI=1S/C14H27N3S/c1-10(2)17(11(3)4)8-7-15-14-16-9-13(18-14)12-5-6-12/h10-13H,5-9H2,1-4H3,(H,15,16). The molecule has 18 heavy (non-hydrogen) atoms. The fourth-order valence-corrected chi connectivity index (χ4v) is 3.84. The van der Waals surface area contributed by atoms with E-state index in [1.807, 2.05) is 11.8 Å². The summed E-state index contributed by atoms with van der Waals surface area (Å²) in [6.45, 7) is 12.2. The molecule has 1 atom stereocenters. The lowest BCUT2D eigenvalue weighted by molar-refractivity contribution is 0.178. The summed E-state index contributed by atoms with van der Waals surface area (Å²) in [5.74, 6) is 0.959. The van der Waals surface area contributed by atoms with Crippen molar-refractivity contribution in [2.75, 3.05) is 19.6 Å². The normalized spacial score (nSPS) is 24.2. The summed E-state index contributed by atoms with van der Waals surface area (Å²) in [5, 5.41) is 5.46. The van der Waals surface area contributed by atoms with Gasteiger partial charge in [0.25, 0.3) is 0 Å². The third-order valence-corrected chi connectivity index (χ3v) is 5.13. The second kappa shape index (κ2) is 6.29. The maximum atomic E-state index is 4.61. The van der Waals surface area contributed by atoms with Gasteiger partial charge in [0.15, 0.2) is 5.17 Å². The van der Waals surface area contributed by atoms with E-state index in [1.54, 1.807) is 0 Å². The lowest BCUT2D eigenvalue weighted by Gasteiger charge is -2.30. The van der Waals surface area contributed by atoms with Crippen molar-refractivity contribution in [2.45, 2.75) is 57.9 Å². The molecule has 0 bridgehead atoms. The van der Waals surface area contributed by atoms with E-state index in [-0.39, 0.29) is 0 Å². The van der Waals surface area contributed by atoms with Crippen molar-refractivity contribution in [3.8, 4) is 0 Å². The van der Waals surface area contributed by atoms with Crippen molar-refractivity contribution < 1.29 is 0 Å². The summed E-state index contributed by atoms with van der Waals surface area (Å²) in [6.07, 6.45) is 2.85. The molecule has 0 saturated heterocycles. The first kappa shape index (κ1) is 14.2. The summed E-state index contributed by atoms with van der Waals surface area (Å²) < 4.78 is 0. The predicted molar refractivity (Wildman–Crippen MR) is 81.4 cm³/mol. The molecule has 0 amide bonds. The maximum Gasteiger partial charge on any atom is 0.156 e. The minimum atomic E-state index is 0.615. The van der Waals surface area contributed by atoms with Gasteiger partial charge in [0.2, 0.25) is 0 Å². The monoisotopic (exact) mass is 269 g/mol. The quantitative estimate of drug-likeness (QED) is 0.803. The Morgan fingerprint density at radius 1 is 1.28 bits per heavy atom. The molecule has 1 aliphatic carbocycles. The summed E-state index contributed by atoms with van der Waals surface area (Å²) >= 11 is 1.97. The molecule has 4 heteroatoms. The highest BCUT2D eigenvalue weighted by Crippen LogP contribution is 2.41. The van der Waals surface area contributed by atoms with Gasteiger partial charge in [0, 0.05) is 30.4 Å². The highest BCUT2D eigenvalue weighted by Gasteiger charge is 2.35. The van der Waals surface area contributed by atoms with Crippen LogP contribution in [0.15, 0.2) is 4.99 Å². The molecule has 1 N–H and O–H groups in total. The maximum absolute atomic E-state index is 4.61. The van der Waals surface area contributed by atoms with Crippen molar-refractivity contribution in [1.82, 2.24) is 10.2 Å². The van der Waals surface area contributed by atoms with Gasteiger partial charge >= 0.3 is 0 Å². The van der Waals surface area contributed by atoms with Gasteiger partial charge in [0.1, 0.15) is 0 Å². The Labute approximate surface area is 116 Å². The van der Waals surface area contributed by atoms with Gasteiger partial charge < -0.3 is 5.32 Å². The van der Waals surface area contributed by atoms with Crippen LogP contribution >= 0.6 is 11.8 Å². The highest BCUT2D eigenvalue weighted by molar-refractivity contribution is 8.14. The van der Waals surface area contributed by atoms with Crippen LogP contribution in [0.25, 0.3) is 0 Å². The van der Waals surface area contributed by atoms with Gasteiger partial charge in [-0.25, -0.2) is 0 Å². The molecule has 1 saturated carbocycles. The zero-order valence-electron chi connectivity index (χ0n) is 12.1. The van der Waals surface area contributed by atoms with Crippen LogP contribution in [0.3, 0.4) is 0 Å². The van der Waals surface area contributed by atoms with E-state index in [1.165, 1.54) is 18.0 Å². The number of nitrogens with zero attached hydrogens (tertiary/aromatic N) is 2. The van der Waals surface area contributed by atoms with E-state index in [9.17, 15) is 0 Å². The molecule has 1 heterocycles. The molecule has 0 aromatic heterocycles. The number of thioether (sulfide) groups is 1. The fraction of sp³-hybridized carbons (Fsp3) is 0.929. The van der Waals surface area contributed by atoms with Crippen LogP contribution in [0.4, 0.5) is 0 Å². The summed E-state index contributed by atoms with van der Waals surface area (Å²) in [5.41, 5.74) is 0. The third kappa shape index (κ3) is 3.89. The van der Waals surface area contributed by atoms with Crippen LogP contribution in [0.1, 0.15) is 40.5 Å². The van der Waals surface area contributed by atoms with Crippen molar-refractivity contribution in [3.05, 3.63) is 0 Å². The Hall–Kier alpha value is -0.220. The molecule has 1 fully saturated rings. The number of nitrogens with one attached hydrogen (secondary N) is 1. The second-order valence-electron chi connectivity index (χ2n) is 5.99. The van der Waals surface area contributed by atoms with Crippen LogP contribution in [-0.4, -0.2) is 47.0 Å². The Balaban J connectivity index is 1.65. The largest absolute Gasteiger partial charge is 0.364 e. The Morgan fingerprint density at radius 2 is 1.94 bits per heavy atom. The Kier molecular flexibility index (Phi) is 4.96. The molecule has 0 aromatic rings. The molecule has 0 radical (unpaired) electrons. The first-order valence-electron chi connectivity index (χ1n) is 7.28. The van der Waals surface area contributed by atoms with E-state index >= 15 is 0 Å². The molecule has 1 aliphatic heterocycles. The molecule has 1 unspecified atom stereocenters. The lowest BCUT2D eigenvalue weighted by atomic mass is 10.2. The average molecular weight is 269 g/mol. The van der Waals surface area contributed by atoms with E-state index in [4.69, 9.17) is 0 Å². The van der Waals surface area contributed by atoms with Crippen molar-refractivity contribution in [2.24, 2.45) is 10.9 Å². The van der Waals surface area contributed by atoms with Gasteiger partial charge in [-0.3, -0.25) is 9.89 Å². The first-order chi connectivity index (χ1) is 8.58. The van der Waals surface area contributed by atoms with Crippen LogP contribution in [0.5, 0.6) is 0 Å². The number of hydrogen-bond acceptors (Lipinski definition) is 4. The first-order valence-corrected chi connectivity index (χ1v) is 8.16. The minimum Gasteiger partial charge on any atom is -0.364 e. The predicted octanol–water partition coefficient (Wildman–Crippen LogP) is 2.58. The Morgan fingerprint density at radius 3 is 2.50 bits per heavy atom. The van der Waals surface area contributed by atoms with E-state index in [0.29, 0.717) is 12.1 Å². The molecule has 0 spiro atoms. The highest BCUT2D eigenvalue weighted by atomic mass is 32.2. The van der Waals surface area contributed by atoms with Crippen molar-refractivity contribution in [1.29, 1.82) is 0 Å². The smallest absolute Gasteiger partial charge is 0.156 e. The van der Waals surface area contributed by atoms with Gasteiger partial charge in [0.05, 0.1) is 6.54 Å². The summed E-state index contributed by atoms with van der Waals surface area (Å²) in [4.78, 5) is 7.13. The van der Waals surface area contributed by atoms with Gasteiger partial charge in [-0.2, -0.15) is 0 Å². The minimum absolute atomic E-state index is 0.615. The van der Waals surface area contributed by atoms with Gasteiger partial charge in [-0.05, 0) is 46.5 Å². The number of amidine groups is 1. The molecule has 2 aliphatic rings. The topological polar surface area (TPSA) is 27.6 Å². The van der Waals surface area contributed by atoms with Crippen LogP contribution < -0.4 is 5.32 Å². The van der Waals surface area contributed by atoms with Gasteiger partial charge in [-0.15, -0.1) is 0 Å². The van der Waals surface area contributed by atoms with Crippen LogP contribution in [0, 0.1) is 5.92 Å². The average Bonchev–Trinajstić information content (AvgIpc) is 3.04. The molecule has 104 valence electrons. The van der Waals surface area contributed by atoms with Crippen LogP contribution in [0.2, 0.25) is 0 Å². The summed E-state index contributed by atoms with van der Waals surface area (Å²) in [6, 6.07) is 1.23. The van der Waals surface area contributed by atoms with Crippen molar-refractivity contribution >= 4 is 16.9 Å². The zero-order valence-corrected chi connectivity index (χ0v) is 13.0. The molecule has 2 rings (SSSR count). The van der Waals surface area contributed by atoms with E-state index in [0.717, 1.165) is 30.8 Å². The van der Waals surface area contributed by atoms with Gasteiger partial charge in [-0.1, -0.05) is 11.8 Å². The third-order valence-electron chi connectivity index (χ3n) is 3.80. The van der Waals surface area contributed by atoms with E-state index < -0.39 is 0 Å². The molecule has 3 nitrogen and oxygen atoms in total. The number of hydrogen-bond donors (Lipinski definition) is 1. The Bertz CT molecular complexity index is 289. The second-order valence-corrected chi connectivity index (χ2v) is 7.22.